The summed E-state index contributed by atoms with van der Waals surface area (Å²) >= 11 is 0. The summed E-state index contributed by atoms with van der Waals surface area (Å²) < 4.78 is 6.93. The number of hydrogen-bond donors (Lipinski definition) is 2. The molecule has 0 radical (unpaired) electrons. The predicted molar refractivity (Wildman–Crippen MR) is 92.5 cm³/mol. The van der Waals surface area contributed by atoms with Gasteiger partial charge >= 0.3 is 6.03 Å². The van der Waals surface area contributed by atoms with E-state index in [1.54, 1.807) is 15.8 Å². The number of urea groups is 1. The third-order valence-corrected chi connectivity index (χ3v) is 4.06. The lowest BCUT2D eigenvalue weighted by atomic mass is 10.3. The lowest BCUT2D eigenvalue weighted by Crippen LogP contribution is -2.43. The number of nitrogens with zero attached hydrogens (tertiary/aromatic N) is 5. The number of anilines is 2. The molecule has 1 saturated heterocycles. The standard InChI is InChI=1S/C16H17N7O2/c17-14-13-9-20-23(15(13)19-10-18-14)12-3-1-11(2-4-12)21-16(24)22-5-7-25-8-6-22/h1-4,9-10H,5-8H2,(H,21,24)(H2,17,18,19). The van der Waals surface area contributed by atoms with Crippen LogP contribution < -0.4 is 11.1 Å². The van der Waals surface area contributed by atoms with Crippen molar-refractivity contribution in [1.82, 2.24) is 24.6 Å². The molecular weight excluding hydrogens is 322 g/mol. The second-order valence-corrected chi connectivity index (χ2v) is 5.63. The minimum absolute atomic E-state index is 0.124. The molecule has 25 heavy (non-hydrogen) atoms. The molecule has 128 valence electrons. The zero-order valence-corrected chi connectivity index (χ0v) is 13.4. The van der Waals surface area contributed by atoms with E-state index >= 15 is 0 Å². The van der Waals surface area contributed by atoms with Crippen molar-refractivity contribution >= 4 is 28.6 Å². The van der Waals surface area contributed by atoms with Gasteiger partial charge in [-0.15, -0.1) is 0 Å². The van der Waals surface area contributed by atoms with Crippen molar-refractivity contribution in [3.8, 4) is 5.69 Å². The summed E-state index contributed by atoms with van der Waals surface area (Å²) in [5.74, 6) is 0.394. The molecular formula is C16H17N7O2. The van der Waals surface area contributed by atoms with E-state index in [1.807, 2.05) is 24.3 Å². The molecule has 0 unspecified atom stereocenters. The Labute approximate surface area is 143 Å². The van der Waals surface area contributed by atoms with Crippen LogP contribution in [0, 0.1) is 0 Å². The van der Waals surface area contributed by atoms with Gasteiger partial charge in [0.2, 0.25) is 0 Å². The van der Waals surface area contributed by atoms with E-state index in [0.717, 1.165) is 5.69 Å². The zero-order valence-electron chi connectivity index (χ0n) is 13.4. The van der Waals surface area contributed by atoms with Gasteiger partial charge in [-0.1, -0.05) is 0 Å². The van der Waals surface area contributed by atoms with Crippen LogP contribution in [0.1, 0.15) is 0 Å². The monoisotopic (exact) mass is 339 g/mol. The number of carbonyl (C=O) groups is 1. The maximum atomic E-state index is 12.2. The summed E-state index contributed by atoms with van der Waals surface area (Å²) in [4.78, 5) is 22.1. The van der Waals surface area contributed by atoms with Crippen LogP contribution in [0.3, 0.4) is 0 Å². The van der Waals surface area contributed by atoms with E-state index in [-0.39, 0.29) is 6.03 Å². The Morgan fingerprint density at radius 3 is 2.68 bits per heavy atom. The fraction of sp³-hybridized carbons (Fsp3) is 0.250. The maximum Gasteiger partial charge on any atom is 0.321 e. The number of benzene rings is 1. The molecule has 0 aliphatic carbocycles. The Morgan fingerprint density at radius 2 is 1.92 bits per heavy atom. The second-order valence-electron chi connectivity index (χ2n) is 5.63. The van der Waals surface area contributed by atoms with Crippen LogP contribution in [-0.4, -0.2) is 57.0 Å². The number of nitrogen functional groups attached to an aromatic ring is 1. The molecule has 1 fully saturated rings. The molecule has 1 aliphatic rings. The van der Waals surface area contributed by atoms with E-state index in [9.17, 15) is 4.79 Å². The van der Waals surface area contributed by atoms with Crippen LogP contribution in [0.15, 0.2) is 36.8 Å². The first-order valence-electron chi connectivity index (χ1n) is 7.91. The highest BCUT2D eigenvalue weighted by Gasteiger charge is 2.16. The largest absolute Gasteiger partial charge is 0.383 e. The van der Waals surface area contributed by atoms with Gasteiger partial charge in [0.25, 0.3) is 0 Å². The molecule has 3 N–H and O–H groups in total. The molecule has 3 heterocycles. The van der Waals surface area contributed by atoms with Crippen LogP contribution >= 0.6 is 0 Å². The first kappa shape index (κ1) is 15.3. The topological polar surface area (TPSA) is 111 Å². The van der Waals surface area contributed by atoms with Gasteiger partial charge in [0.05, 0.1) is 30.5 Å². The molecule has 0 spiro atoms. The molecule has 3 aromatic rings. The predicted octanol–water partition coefficient (Wildman–Crippen LogP) is 1.26. The number of morpholine rings is 1. The number of ether oxygens (including phenoxy) is 1. The van der Waals surface area contributed by atoms with Gasteiger partial charge in [-0.25, -0.2) is 19.4 Å². The van der Waals surface area contributed by atoms with Crippen LogP contribution in [-0.2, 0) is 4.74 Å². The van der Waals surface area contributed by atoms with E-state index in [1.165, 1.54) is 6.33 Å². The average Bonchev–Trinajstić information content (AvgIpc) is 3.09. The van der Waals surface area contributed by atoms with Crippen molar-refractivity contribution in [2.45, 2.75) is 0 Å². The highest BCUT2D eigenvalue weighted by molar-refractivity contribution is 5.89. The molecule has 2 amide bonds. The number of nitrogens with two attached hydrogens (primary N) is 1. The summed E-state index contributed by atoms with van der Waals surface area (Å²) in [6.45, 7) is 2.35. The summed E-state index contributed by atoms with van der Waals surface area (Å²) in [5, 5.41) is 7.90. The van der Waals surface area contributed by atoms with Crippen LogP contribution in [0.2, 0.25) is 0 Å². The van der Waals surface area contributed by atoms with Gasteiger partial charge in [-0.05, 0) is 24.3 Å². The Morgan fingerprint density at radius 1 is 1.16 bits per heavy atom. The molecule has 4 rings (SSSR count). The number of nitrogens with one attached hydrogen (secondary N) is 1. The van der Waals surface area contributed by atoms with Gasteiger partial charge in [0, 0.05) is 18.8 Å². The number of aromatic nitrogens is 4. The lowest BCUT2D eigenvalue weighted by Gasteiger charge is -2.26. The van der Waals surface area contributed by atoms with Crippen LogP contribution in [0.5, 0.6) is 0 Å². The number of amides is 2. The SMILES string of the molecule is Nc1ncnc2c1cnn2-c1ccc(NC(=O)N2CCOCC2)cc1. The molecule has 0 bridgehead atoms. The Bertz CT molecular complexity index is 900. The van der Waals surface area contributed by atoms with Crippen molar-refractivity contribution in [1.29, 1.82) is 0 Å². The summed E-state index contributed by atoms with van der Waals surface area (Å²) in [5.41, 5.74) is 8.00. The van der Waals surface area contributed by atoms with Crippen molar-refractivity contribution < 1.29 is 9.53 Å². The van der Waals surface area contributed by atoms with Gasteiger partial charge in [-0.3, -0.25) is 0 Å². The van der Waals surface area contributed by atoms with E-state index in [2.05, 4.69) is 20.4 Å². The third-order valence-electron chi connectivity index (χ3n) is 4.06. The highest BCUT2D eigenvalue weighted by atomic mass is 16.5. The number of rotatable bonds is 2. The molecule has 1 aliphatic heterocycles. The molecule has 1 aromatic carbocycles. The van der Waals surface area contributed by atoms with Gasteiger partial charge < -0.3 is 20.7 Å². The zero-order chi connectivity index (χ0) is 17.2. The molecule has 0 saturated carbocycles. The quantitative estimate of drug-likeness (QED) is 0.727. The van der Waals surface area contributed by atoms with Crippen molar-refractivity contribution in [3.05, 3.63) is 36.8 Å². The normalized spacial score (nSPS) is 14.6. The highest BCUT2D eigenvalue weighted by Crippen LogP contribution is 2.20. The van der Waals surface area contributed by atoms with Gasteiger partial charge in [0.1, 0.15) is 12.1 Å². The smallest absolute Gasteiger partial charge is 0.321 e. The molecule has 9 heteroatoms. The first-order valence-corrected chi connectivity index (χ1v) is 7.91. The summed E-state index contributed by atoms with van der Waals surface area (Å²) in [6, 6.07) is 7.25. The summed E-state index contributed by atoms with van der Waals surface area (Å²) in [6.07, 6.45) is 3.05. The second kappa shape index (κ2) is 6.36. The van der Waals surface area contributed by atoms with E-state index < -0.39 is 0 Å². The molecule has 9 nitrogen and oxygen atoms in total. The first-order chi connectivity index (χ1) is 12.2. The third kappa shape index (κ3) is 2.96. The average molecular weight is 339 g/mol. The fourth-order valence-electron chi connectivity index (χ4n) is 2.71. The Balaban J connectivity index is 1.53. The minimum atomic E-state index is -0.124. The van der Waals surface area contributed by atoms with Crippen LogP contribution in [0.4, 0.5) is 16.3 Å². The van der Waals surface area contributed by atoms with Crippen molar-refractivity contribution in [2.75, 3.05) is 37.4 Å². The van der Waals surface area contributed by atoms with Crippen LogP contribution in [0.25, 0.3) is 16.7 Å². The number of hydrogen-bond acceptors (Lipinski definition) is 6. The minimum Gasteiger partial charge on any atom is -0.383 e. The van der Waals surface area contributed by atoms with Gasteiger partial charge in [0.15, 0.2) is 5.65 Å². The fourth-order valence-corrected chi connectivity index (χ4v) is 2.71. The van der Waals surface area contributed by atoms with E-state index in [0.29, 0.717) is 48.8 Å². The molecule has 0 atom stereocenters. The van der Waals surface area contributed by atoms with Gasteiger partial charge in [-0.2, -0.15) is 5.10 Å². The summed E-state index contributed by atoms with van der Waals surface area (Å²) in [7, 11) is 0. The van der Waals surface area contributed by atoms with Crippen molar-refractivity contribution in [3.63, 3.8) is 0 Å². The van der Waals surface area contributed by atoms with E-state index in [4.69, 9.17) is 10.5 Å². The maximum absolute atomic E-state index is 12.2. The number of carbonyl (C=O) groups excluding carboxylic acids is 1. The lowest BCUT2D eigenvalue weighted by molar-refractivity contribution is 0.0564. The Hall–Kier alpha value is -3.20. The number of fused-ring (bicyclic) bond motifs is 1. The Kier molecular flexibility index (Phi) is 3.90. The van der Waals surface area contributed by atoms with Crippen molar-refractivity contribution in [2.24, 2.45) is 0 Å². The molecule has 2 aromatic heterocycles.